The van der Waals surface area contributed by atoms with E-state index in [9.17, 15) is 0 Å². The van der Waals surface area contributed by atoms with Crippen LogP contribution >= 0.6 is 11.6 Å². The molecule has 1 saturated heterocycles. The van der Waals surface area contributed by atoms with Gasteiger partial charge in [-0.2, -0.15) is 0 Å². The molecule has 90 valence electrons. The monoisotopic (exact) mass is 231 g/mol. The van der Waals surface area contributed by atoms with Gasteiger partial charge >= 0.3 is 0 Å². The van der Waals surface area contributed by atoms with Crippen molar-refractivity contribution < 1.29 is 0 Å². The van der Waals surface area contributed by atoms with Crippen LogP contribution in [0, 0.1) is 0 Å². The summed E-state index contributed by atoms with van der Waals surface area (Å²) >= 11 is 5.86. The Kier molecular flexibility index (Phi) is 7.46. The molecule has 1 fully saturated rings. The Morgan fingerprint density at radius 1 is 1.20 bits per heavy atom. The lowest BCUT2D eigenvalue weighted by Crippen LogP contribution is -2.40. The minimum absolute atomic E-state index is 0.790. The smallest absolute Gasteiger partial charge is 0.0238 e. The van der Waals surface area contributed by atoms with Gasteiger partial charge in [0.2, 0.25) is 0 Å². The van der Waals surface area contributed by atoms with E-state index in [1.54, 1.807) is 0 Å². The minimum atomic E-state index is 0.790. The van der Waals surface area contributed by atoms with Gasteiger partial charge in [0.05, 0.1) is 0 Å². The van der Waals surface area contributed by atoms with E-state index >= 15 is 0 Å². The average Bonchev–Trinajstić information content (AvgIpc) is 2.27. The summed E-state index contributed by atoms with van der Waals surface area (Å²) in [4.78, 5) is 2.68. The van der Waals surface area contributed by atoms with Crippen LogP contribution in [0.1, 0.15) is 58.3 Å². The molecule has 0 aliphatic carbocycles. The fraction of sp³-hybridized carbons (Fsp3) is 1.00. The maximum atomic E-state index is 5.86. The van der Waals surface area contributed by atoms with Crippen LogP contribution in [0.5, 0.6) is 0 Å². The fourth-order valence-electron chi connectivity index (χ4n) is 2.55. The van der Waals surface area contributed by atoms with Gasteiger partial charge in [-0.05, 0) is 38.8 Å². The molecule has 1 rings (SSSR count). The molecule has 1 unspecified atom stereocenters. The summed E-state index contributed by atoms with van der Waals surface area (Å²) in [6.45, 7) is 4.90. The molecular formula is C13H26ClN. The maximum Gasteiger partial charge on any atom is 0.0238 e. The predicted molar refractivity (Wildman–Crippen MR) is 68.7 cm³/mol. The van der Waals surface area contributed by atoms with Crippen LogP contribution in [-0.4, -0.2) is 29.9 Å². The Bertz CT molecular complexity index is 147. The molecule has 0 saturated carbocycles. The third-order valence-corrected chi connectivity index (χ3v) is 3.71. The zero-order chi connectivity index (χ0) is 10.9. The quantitative estimate of drug-likeness (QED) is 0.472. The third-order valence-electron chi connectivity index (χ3n) is 3.49. The van der Waals surface area contributed by atoms with E-state index in [2.05, 4.69) is 11.8 Å². The largest absolute Gasteiger partial charge is 0.300 e. The van der Waals surface area contributed by atoms with E-state index in [-0.39, 0.29) is 0 Å². The molecule has 0 bridgehead atoms. The van der Waals surface area contributed by atoms with E-state index in [4.69, 9.17) is 11.6 Å². The molecule has 1 aliphatic heterocycles. The first-order valence-corrected chi connectivity index (χ1v) is 7.22. The van der Waals surface area contributed by atoms with Gasteiger partial charge in [-0.15, -0.1) is 11.6 Å². The summed E-state index contributed by atoms with van der Waals surface area (Å²) < 4.78 is 0. The van der Waals surface area contributed by atoms with Crippen LogP contribution in [0.3, 0.4) is 0 Å². The molecule has 2 heteroatoms. The predicted octanol–water partition coefficient (Wildman–Crippen LogP) is 4.05. The number of piperidine rings is 1. The molecule has 1 heterocycles. The van der Waals surface area contributed by atoms with Crippen LogP contribution in [0.15, 0.2) is 0 Å². The number of halogens is 1. The van der Waals surface area contributed by atoms with Crippen molar-refractivity contribution in [2.24, 2.45) is 0 Å². The summed E-state index contributed by atoms with van der Waals surface area (Å²) in [6.07, 6.45) is 10.9. The second-order valence-corrected chi connectivity index (χ2v) is 5.10. The Balaban J connectivity index is 2.17. The van der Waals surface area contributed by atoms with Gasteiger partial charge < -0.3 is 4.90 Å². The van der Waals surface area contributed by atoms with Crippen LogP contribution in [0.25, 0.3) is 0 Å². The fourth-order valence-corrected chi connectivity index (χ4v) is 2.80. The summed E-state index contributed by atoms with van der Waals surface area (Å²) in [5.74, 6) is 0.829. The van der Waals surface area contributed by atoms with Crippen LogP contribution < -0.4 is 0 Å². The number of hydrogen-bond acceptors (Lipinski definition) is 1. The Morgan fingerprint density at radius 2 is 2.07 bits per heavy atom. The van der Waals surface area contributed by atoms with Crippen molar-refractivity contribution in [1.29, 1.82) is 0 Å². The number of nitrogens with zero attached hydrogens (tertiary/aromatic N) is 1. The average molecular weight is 232 g/mol. The van der Waals surface area contributed by atoms with Gasteiger partial charge in [0.1, 0.15) is 0 Å². The normalized spacial score (nSPS) is 23.2. The van der Waals surface area contributed by atoms with E-state index in [0.29, 0.717) is 0 Å². The SMILES string of the molecule is CCCCCCN1CCCCC1CCCl. The number of hydrogen-bond donors (Lipinski definition) is 0. The summed E-state index contributed by atoms with van der Waals surface area (Å²) in [5.41, 5.74) is 0. The van der Waals surface area contributed by atoms with Crippen LogP contribution in [0.2, 0.25) is 0 Å². The third kappa shape index (κ3) is 5.21. The van der Waals surface area contributed by atoms with Gasteiger partial charge in [-0.3, -0.25) is 0 Å². The highest BCUT2D eigenvalue weighted by molar-refractivity contribution is 6.17. The number of rotatable bonds is 7. The standard InChI is InChI=1S/C13H26ClN/c1-2-3-4-6-11-15-12-7-5-8-13(15)9-10-14/h13H,2-12H2,1H3. The molecule has 0 N–H and O–H groups in total. The first-order chi connectivity index (χ1) is 7.38. The van der Waals surface area contributed by atoms with Crippen LogP contribution in [-0.2, 0) is 0 Å². The van der Waals surface area contributed by atoms with Gasteiger partial charge in [0.25, 0.3) is 0 Å². The molecule has 0 radical (unpaired) electrons. The van der Waals surface area contributed by atoms with Crippen molar-refractivity contribution in [1.82, 2.24) is 4.90 Å². The summed E-state index contributed by atoms with van der Waals surface area (Å²) in [6, 6.07) is 0.790. The number of alkyl halides is 1. The first-order valence-electron chi connectivity index (χ1n) is 6.68. The van der Waals surface area contributed by atoms with Gasteiger partial charge in [-0.1, -0.05) is 32.6 Å². The summed E-state index contributed by atoms with van der Waals surface area (Å²) in [7, 11) is 0. The van der Waals surface area contributed by atoms with Crippen molar-refractivity contribution in [2.75, 3.05) is 19.0 Å². The first kappa shape index (κ1) is 13.3. The van der Waals surface area contributed by atoms with Crippen molar-refractivity contribution in [3.63, 3.8) is 0 Å². The number of likely N-dealkylation sites (tertiary alicyclic amines) is 1. The van der Waals surface area contributed by atoms with E-state index in [0.717, 1.165) is 11.9 Å². The van der Waals surface area contributed by atoms with Crippen molar-refractivity contribution in [3.8, 4) is 0 Å². The highest BCUT2D eigenvalue weighted by Gasteiger charge is 2.20. The second kappa shape index (κ2) is 8.41. The minimum Gasteiger partial charge on any atom is -0.300 e. The Hall–Kier alpha value is 0.250. The molecule has 0 aromatic carbocycles. The Morgan fingerprint density at radius 3 is 2.80 bits per heavy atom. The molecule has 1 aliphatic rings. The lowest BCUT2D eigenvalue weighted by atomic mass is 9.99. The second-order valence-electron chi connectivity index (χ2n) is 4.72. The highest BCUT2D eigenvalue weighted by Crippen LogP contribution is 2.20. The van der Waals surface area contributed by atoms with Crippen molar-refractivity contribution in [2.45, 2.75) is 64.3 Å². The molecule has 0 aromatic heterocycles. The van der Waals surface area contributed by atoms with Gasteiger partial charge in [0.15, 0.2) is 0 Å². The highest BCUT2D eigenvalue weighted by atomic mass is 35.5. The van der Waals surface area contributed by atoms with Gasteiger partial charge in [0, 0.05) is 11.9 Å². The number of unbranched alkanes of at least 4 members (excludes halogenated alkanes) is 3. The molecule has 15 heavy (non-hydrogen) atoms. The lowest BCUT2D eigenvalue weighted by molar-refractivity contribution is 0.142. The van der Waals surface area contributed by atoms with Gasteiger partial charge in [-0.25, -0.2) is 0 Å². The van der Waals surface area contributed by atoms with Crippen molar-refractivity contribution >= 4 is 11.6 Å². The van der Waals surface area contributed by atoms with E-state index in [1.807, 2.05) is 0 Å². The van der Waals surface area contributed by atoms with Crippen LogP contribution in [0.4, 0.5) is 0 Å². The topological polar surface area (TPSA) is 3.24 Å². The maximum absolute atomic E-state index is 5.86. The summed E-state index contributed by atoms with van der Waals surface area (Å²) in [5, 5.41) is 0. The molecule has 0 amide bonds. The molecule has 0 spiro atoms. The molecule has 1 nitrogen and oxygen atoms in total. The van der Waals surface area contributed by atoms with E-state index in [1.165, 1.54) is 64.5 Å². The Labute approximate surface area is 100 Å². The van der Waals surface area contributed by atoms with Crippen molar-refractivity contribution in [3.05, 3.63) is 0 Å². The molecule has 0 aromatic rings. The molecular weight excluding hydrogens is 206 g/mol. The van der Waals surface area contributed by atoms with E-state index < -0.39 is 0 Å². The zero-order valence-electron chi connectivity index (χ0n) is 10.2. The zero-order valence-corrected chi connectivity index (χ0v) is 10.9. The molecule has 1 atom stereocenters. The lowest BCUT2D eigenvalue weighted by Gasteiger charge is -2.35.